The predicted molar refractivity (Wildman–Crippen MR) is 85.9 cm³/mol. The molecule has 0 aromatic heterocycles. The molecular formula is C14H10BrCl2FN2O. The minimum atomic E-state index is -0.485. The van der Waals surface area contributed by atoms with Gasteiger partial charge in [-0.1, -0.05) is 23.2 Å². The Morgan fingerprint density at radius 3 is 2.57 bits per heavy atom. The zero-order chi connectivity index (χ0) is 15.6. The van der Waals surface area contributed by atoms with E-state index < -0.39 is 5.82 Å². The Morgan fingerprint density at radius 1 is 1.19 bits per heavy atom. The Morgan fingerprint density at radius 2 is 1.90 bits per heavy atom. The maximum atomic E-state index is 13.4. The molecule has 0 spiro atoms. The third-order valence-electron chi connectivity index (χ3n) is 2.64. The van der Waals surface area contributed by atoms with Gasteiger partial charge in [-0.3, -0.25) is 5.41 Å². The first-order valence-corrected chi connectivity index (χ1v) is 7.33. The van der Waals surface area contributed by atoms with Crippen LogP contribution in [0.4, 0.5) is 4.39 Å². The summed E-state index contributed by atoms with van der Waals surface area (Å²) in [6, 6.07) is 7.26. The zero-order valence-corrected chi connectivity index (χ0v) is 13.7. The molecule has 0 aliphatic heterocycles. The summed E-state index contributed by atoms with van der Waals surface area (Å²) in [5, 5.41) is 8.18. The highest BCUT2D eigenvalue weighted by molar-refractivity contribution is 9.10. The van der Waals surface area contributed by atoms with Gasteiger partial charge in [0.2, 0.25) is 0 Å². The van der Waals surface area contributed by atoms with Gasteiger partial charge in [0.25, 0.3) is 0 Å². The van der Waals surface area contributed by atoms with E-state index in [0.717, 1.165) is 0 Å². The number of hydrogen-bond donors (Lipinski definition) is 2. The van der Waals surface area contributed by atoms with Crippen molar-refractivity contribution in [1.82, 2.24) is 0 Å². The molecule has 2 aromatic carbocycles. The monoisotopic (exact) mass is 390 g/mol. The van der Waals surface area contributed by atoms with Crippen molar-refractivity contribution in [2.24, 2.45) is 5.73 Å². The van der Waals surface area contributed by atoms with Gasteiger partial charge < -0.3 is 10.5 Å². The molecular weight excluding hydrogens is 382 g/mol. The average molecular weight is 392 g/mol. The van der Waals surface area contributed by atoms with E-state index >= 15 is 0 Å². The molecule has 0 aliphatic rings. The van der Waals surface area contributed by atoms with E-state index in [4.69, 9.17) is 39.1 Å². The second kappa shape index (κ2) is 6.64. The van der Waals surface area contributed by atoms with E-state index in [1.807, 2.05) is 0 Å². The Labute approximate surface area is 139 Å². The fourth-order valence-electron chi connectivity index (χ4n) is 1.67. The highest BCUT2D eigenvalue weighted by Gasteiger charge is 2.09. The number of hydrogen-bond acceptors (Lipinski definition) is 2. The van der Waals surface area contributed by atoms with E-state index in [1.165, 1.54) is 12.1 Å². The minimum absolute atomic E-state index is 0.0791. The minimum Gasteiger partial charge on any atom is -0.487 e. The number of benzene rings is 2. The van der Waals surface area contributed by atoms with Crippen LogP contribution in [0.3, 0.4) is 0 Å². The molecule has 0 heterocycles. The normalized spacial score (nSPS) is 10.5. The summed E-state index contributed by atoms with van der Waals surface area (Å²) in [5.41, 5.74) is 6.19. The lowest BCUT2D eigenvalue weighted by Gasteiger charge is -2.10. The summed E-state index contributed by atoms with van der Waals surface area (Å²) in [7, 11) is 0. The van der Waals surface area contributed by atoms with Crippen LogP contribution >= 0.6 is 39.1 Å². The van der Waals surface area contributed by atoms with Crippen LogP contribution in [0, 0.1) is 11.2 Å². The maximum Gasteiger partial charge on any atom is 0.139 e. The molecule has 7 heteroatoms. The van der Waals surface area contributed by atoms with Crippen LogP contribution in [0.5, 0.6) is 5.75 Å². The molecule has 2 rings (SSSR count). The standard InChI is InChI=1S/C14H10BrCl2FN2O/c15-10-4-12(17)13(5-11(10)16)21-6-7-1-8(14(19)20)3-9(18)2-7/h1-5H,6H2,(H3,19,20). The molecule has 110 valence electrons. The van der Waals surface area contributed by atoms with Gasteiger partial charge in [-0.2, -0.15) is 0 Å². The highest BCUT2D eigenvalue weighted by atomic mass is 79.9. The van der Waals surface area contributed by atoms with Crippen LogP contribution in [0.15, 0.2) is 34.8 Å². The van der Waals surface area contributed by atoms with Crippen LogP contribution < -0.4 is 10.5 Å². The second-order valence-electron chi connectivity index (χ2n) is 4.25. The van der Waals surface area contributed by atoms with Crippen molar-refractivity contribution in [3.8, 4) is 5.75 Å². The largest absolute Gasteiger partial charge is 0.487 e. The van der Waals surface area contributed by atoms with Gasteiger partial charge in [-0.25, -0.2) is 4.39 Å². The van der Waals surface area contributed by atoms with Gasteiger partial charge in [0.05, 0.1) is 10.0 Å². The topological polar surface area (TPSA) is 59.1 Å². The molecule has 0 atom stereocenters. The summed E-state index contributed by atoms with van der Waals surface area (Å²) < 4.78 is 19.6. The first kappa shape index (κ1) is 16.1. The first-order chi connectivity index (χ1) is 9.86. The Kier molecular flexibility index (Phi) is 5.08. The fraction of sp³-hybridized carbons (Fsp3) is 0.0714. The maximum absolute atomic E-state index is 13.4. The Balaban J connectivity index is 2.20. The zero-order valence-electron chi connectivity index (χ0n) is 10.6. The van der Waals surface area contributed by atoms with Crippen molar-refractivity contribution >= 4 is 45.0 Å². The van der Waals surface area contributed by atoms with Crippen LogP contribution in [0.25, 0.3) is 0 Å². The molecule has 0 bridgehead atoms. The second-order valence-corrected chi connectivity index (χ2v) is 5.92. The number of rotatable bonds is 4. The molecule has 3 N–H and O–H groups in total. The number of halogens is 4. The highest BCUT2D eigenvalue weighted by Crippen LogP contribution is 2.34. The number of nitrogen functional groups attached to an aromatic ring is 1. The van der Waals surface area contributed by atoms with Gasteiger partial charge in [-0.05, 0) is 45.8 Å². The van der Waals surface area contributed by atoms with Gasteiger partial charge in [-0.15, -0.1) is 0 Å². The first-order valence-electron chi connectivity index (χ1n) is 5.78. The van der Waals surface area contributed by atoms with Crippen molar-refractivity contribution in [1.29, 1.82) is 5.41 Å². The Hall–Kier alpha value is -1.30. The van der Waals surface area contributed by atoms with Crippen molar-refractivity contribution < 1.29 is 9.13 Å². The van der Waals surface area contributed by atoms with Gasteiger partial charge >= 0.3 is 0 Å². The summed E-state index contributed by atoms with van der Waals surface area (Å²) in [6.45, 7) is 0.0791. The summed E-state index contributed by atoms with van der Waals surface area (Å²) in [6.07, 6.45) is 0. The lowest BCUT2D eigenvalue weighted by Crippen LogP contribution is -2.12. The quantitative estimate of drug-likeness (QED) is 0.448. The van der Waals surface area contributed by atoms with Gasteiger partial charge in [0.1, 0.15) is 24.0 Å². The van der Waals surface area contributed by atoms with E-state index in [9.17, 15) is 4.39 Å². The van der Waals surface area contributed by atoms with Crippen LogP contribution in [0.1, 0.15) is 11.1 Å². The summed E-state index contributed by atoms with van der Waals surface area (Å²) in [5.74, 6) is -0.305. The molecule has 21 heavy (non-hydrogen) atoms. The third kappa shape index (κ3) is 4.09. The Bertz CT molecular complexity index is 710. The summed E-state index contributed by atoms with van der Waals surface area (Å²) in [4.78, 5) is 0. The molecule has 0 saturated carbocycles. The number of nitrogens with two attached hydrogens (primary N) is 1. The molecule has 0 radical (unpaired) electrons. The van der Waals surface area contributed by atoms with Gasteiger partial charge in [0, 0.05) is 16.1 Å². The van der Waals surface area contributed by atoms with Crippen molar-refractivity contribution in [2.75, 3.05) is 0 Å². The molecule has 0 aliphatic carbocycles. The van der Waals surface area contributed by atoms with Gasteiger partial charge in [0.15, 0.2) is 0 Å². The molecule has 3 nitrogen and oxygen atoms in total. The van der Waals surface area contributed by atoms with E-state index in [-0.39, 0.29) is 12.4 Å². The van der Waals surface area contributed by atoms with Crippen molar-refractivity contribution in [2.45, 2.75) is 6.61 Å². The smallest absolute Gasteiger partial charge is 0.139 e. The van der Waals surface area contributed by atoms with E-state index in [0.29, 0.717) is 31.4 Å². The van der Waals surface area contributed by atoms with E-state index in [1.54, 1.807) is 18.2 Å². The third-order valence-corrected chi connectivity index (χ3v) is 4.13. The fourth-order valence-corrected chi connectivity index (χ4v) is 2.51. The molecule has 2 aromatic rings. The molecule has 0 fully saturated rings. The van der Waals surface area contributed by atoms with Crippen molar-refractivity contribution in [3.63, 3.8) is 0 Å². The number of ether oxygens (including phenoxy) is 1. The summed E-state index contributed by atoms with van der Waals surface area (Å²) >= 11 is 15.3. The van der Waals surface area contributed by atoms with Crippen LogP contribution in [-0.4, -0.2) is 5.84 Å². The predicted octanol–water partition coefficient (Wildman–Crippen LogP) is 4.76. The molecule has 0 saturated heterocycles. The lowest BCUT2D eigenvalue weighted by molar-refractivity contribution is 0.305. The average Bonchev–Trinajstić information content (AvgIpc) is 2.40. The van der Waals surface area contributed by atoms with Crippen LogP contribution in [0.2, 0.25) is 10.0 Å². The van der Waals surface area contributed by atoms with Crippen LogP contribution in [-0.2, 0) is 6.61 Å². The number of nitrogens with one attached hydrogen (secondary N) is 1. The molecule has 0 amide bonds. The van der Waals surface area contributed by atoms with Crippen molar-refractivity contribution in [3.05, 3.63) is 61.8 Å². The molecule has 0 unspecified atom stereocenters. The lowest BCUT2D eigenvalue weighted by atomic mass is 10.1. The number of amidine groups is 1. The SMILES string of the molecule is N=C(N)c1cc(F)cc(COc2cc(Cl)c(Br)cc2Cl)c1. The van der Waals surface area contributed by atoms with E-state index in [2.05, 4.69) is 15.9 Å².